The van der Waals surface area contributed by atoms with E-state index in [2.05, 4.69) is 10.1 Å². The zero-order valence-corrected chi connectivity index (χ0v) is 8.80. The Morgan fingerprint density at radius 1 is 1.40 bits per heavy atom. The van der Waals surface area contributed by atoms with Crippen molar-refractivity contribution in [3.05, 3.63) is 18.0 Å². The van der Waals surface area contributed by atoms with Crippen LogP contribution in [0, 0.1) is 0 Å². The topological polar surface area (TPSA) is 55.3 Å². The number of piperidine rings is 1. The fourth-order valence-corrected chi connectivity index (χ4v) is 3.08. The summed E-state index contributed by atoms with van der Waals surface area (Å²) in [5.41, 5.74) is 6.03. The minimum absolute atomic E-state index is 0.411. The predicted octanol–water partition coefficient (Wildman–Crippen LogP) is 1.13. The molecule has 0 spiro atoms. The normalized spacial score (nSPS) is 35.9. The summed E-state index contributed by atoms with van der Waals surface area (Å²) in [6.45, 7) is 0.905. The highest BCUT2D eigenvalue weighted by Crippen LogP contribution is 2.35. The molecule has 2 fully saturated rings. The maximum absolute atomic E-state index is 6.03. The second kappa shape index (κ2) is 3.61. The fraction of sp³-hybridized carbons (Fsp3) is 0.727. The molecule has 1 aromatic heterocycles. The molecule has 4 heteroatoms. The summed E-state index contributed by atoms with van der Waals surface area (Å²) in [6.07, 6.45) is 6.60. The first-order valence-electron chi connectivity index (χ1n) is 5.74. The predicted molar refractivity (Wildman–Crippen MR) is 56.1 cm³/mol. The van der Waals surface area contributed by atoms with E-state index in [1.165, 1.54) is 12.8 Å². The Morgan fingerprint density at radius 3 is 2.73 bits per heavy atom. The maximum Gasteiger partial charge on any atom is 0.150 e. The largest absolute Gasteiger partial charge is 0.360 e. The van der Waals surface area contributed by atoms with E-state index in [1.807, 2.05) is 6.07 Å². The van der Waals surface area contributed by atoms with Gasteiger partial charge in [-0.25, -0.2) is 0 Å². The van der Waals surface area contributed by atoms with E-state index in [0.717, 1.165) is 25.1 Å². The number of nitrogens with zero attached hydrogens (tertiary/aromatic N) is 2. The van der Waals surface area contributed by atoms with Crippen molar-refractivity contribution >= 4 is 0 Å². The highest BCUT2D eigenvalue weighted by molar-refractivity contribution is 5.01. The number of hydrogen-bond donors (Lipinski definition) is 1. The lowest BCUT2D eigenvalue weighted by Gasteiger charge is -2.36. The number of fused-ring (bicyclic) bond motifs is 2. The molecule has 2 saturated heterocycles. The van der Waals surface area contributed by atoms with Gasteiger partial charge in [0.05, 0.1) is 12.7 Å². The molecule has 3 rings (SSSR count). The molecule has 2 aliphatic heterocycles. The molecule has 2 aliphatic rings. The van der Waals surface area contributed by atoms with Gasteiger partial charge in [0.25, 0.3) is 0 Å². The summed E-state index contributed by atoms with van der Waals surface area (Å²) in [4.78, 5) is 2.55. The van der Waals surface area contributed by atoms with Crippen LogP contribution >= 0.6 is 0 Å². The first-order valence-corrected chi connectivity index (χ1v) is 5.74. The molecule has 1 aromatic rings. The average molecular weight is 207 g/mol. The maximum atomic E-state index is 6.03. The molecular formula is C11H17N3O. The smallest absolute Gasteiger partial charge is 0.150 e. The Labute approximate surface area is 89.4 Å². The van der Waals surface area contributed by atoms with Gasteiger partial charge in [-0.2, -0.15) is 0 Å². The molecule has 0 aliphatic carbocycles. The Morgan fingerprint density at radius 2 is 2.13 bits per heavy atom. The van der Waals surface area contributed by atoms with Crippen molar-refractivity contribution in [2.75, 3.05) is 0 Å². The van der Waals surface area contributed by atoms with Gasteiger partial charge in [0.2, 0.25) is 0 Å². The van der Waals surface area contributed by atoms with Gasteiger partial charge in [0.15, 0.2) is 5.76 Å². The van der Waals surface area contributed by atoms with Gasteiger partial charge in [0, 0.05) is 24.2 Å². The minimum atomic E-state index is 0.411. The number of nitrogens with two attached hydrogens (primary N) is 1. The molecule has 15 heavy (non-hydrogen) atoms. The SMILES string of the molecule is NC1CC2CCC(C1)N2Cc1ccno1. The molecule has 0 saturated carbocycles. The third kappa shape index (κ3) is 1.68. The van der Waals surface area contributed by atoms with Gasteiger partial charge in [-0.05, 0) is 25.7 Å². The monoisotopic (exact) mass is 207 g/mol. The van der Waals surface area contributed by atoms with E-state index < -0.39 is 0 Å². The van der Waals surface area contributed by atoms with Crippen LogP contribution in [0.25, 0.3) is 0 Å². The fourth-order valence-electron chi connectivity index (χ4n) is 3.08. The Bertz CT molecular complexity index is 311. The highest BCUT2D eigenvalue weighted by Gasteiger charge is 2.39. The molecule has 2 atom stereocenters. The lowest BCUT2D eigenvalue weighted by Crippen LogP contribution is -2.46. The third-order valence-corrected chi connectivity index (χ3v) is 3.75. The van der Waals surface area contributed by atoms with Crippen molar-refractivity contribution < 1.29 is 4.52 Å². The zero-order valence-electron chi connectivity index (χ0n) is 8.80. The molecule has 0 aromatic carbocycles. The standard InChI is InChI=1S/C11H17N3O/c12-8-5-9-1-2-10(6-8)14(9)7-11-3-4-13-15-11/h3-4,8-10H,1-2,5-7,12H2. The van der Waals surface area contributed by atoms with E-state index >= 15 is 0 Å². The summed E-state index contributed by atoms with van der Waals surface area (Å²) in [5.74, 6) is 0.974. The van der Waals surface area contributed by atoms with E-state index in [4.69, 9.17) is 10.3 Å². The third-order valence-electron chi connectivity index (χ3n) is 3.75. The average Bonchev–Trinajstić information content (AvgIpc) is 2.77. The minimum Gasteiger partial charge on any atom is -0.360 e. The van der Waals surface area contributed by atoms with Crippen LogP contribution in [-0.2, 0) is 6.54 Å². The van der Waals surface area contributed by atoms with E-state index in [9.17, 15) is 0 Å². The van der Waals surface area contributed by atoms with Gasteiger partial charge in [-0.15, -0.1) is 0 Å². The molecule has 0 radical (unpaired) electrons. The second-order valence-corrected chi connectivity index (χ2v) is 4.77. The van der Waals surface area contributed by atoms with Crippen LogP contribution in [0.1, 0.15) is 31.4 Å². The van der Waals surface area contributed by atoms with Crippen LogP contribution in [0.3, 0.4) is 0 Å². The van der Waals surface area contributed by atoms with E-state index in [1.54, 1.807) is 6.20 Å². The first kappa shape index (κ1) is 9.36. The zero-order chi connectivity index (χ0) is 10.3. The molecule has 2 unspecified atom stereocenters. The number of hydrogen-bond acceptors (Lipinski definition) is 4. The lowest BCUT2D eigenvalue weighted by atomic mass is 9.98. The van der Waals surface area contributed by atoms with Gasteiger partial charge in [-0.1, -0.05) is 5.16 Å². The van der Waals surface area contributed by atoms with Crippen molar-refractivity contribution in [2.45, 2.75) is 50.4 Å². The van der Waals surface area contributed by atoms with Crippen LogP contribution in [0.15, 0.2) is 16.8 Å². The van der Waals surface area contributed by atoms with Crippen LogP contribution < -0.4 is 5.73 Å². The van der Waals surface area contributed by atoms with Crippen LogP contribution in [0.2, 0.25) is 0 Å². The van der Waals surface area contributed by atoms with E-state index in [-0.39, 0.29) is 0 Å². The number of aromatic nitrogens is 1. The quantitative estimate of drug-likeness (QED) is 0.789. The van der Waals surface area contributed by atoms with Gasteiger partial charge in [-0.3, -0.25) is 4.90 Å². The van der Waals surface area contributed by atoms with Crippen LogP contribution in [-0.4, -0.2) is 28.2 Å². The molecule has 3 heterocycles. The summed E-state index contributed by atoms with van der Waals surface area (Å²) in [5, 5.41) is 3.75. The molecule has 2 bridgehead atoms. The second-order valence-electron chi connectivity index (χ2n) is 4.77. The Kier molecular flexibility index (Phi) is 2.25. The Hall–Kier alpha value is -0.870. The van der Waals surface area contributed by atoms with Crippen molar-refractivity contribution in [3.63, 3.8) is 0 Å². The van der Waals surface area contributed by atoms with Crippen molar-refractivity contribution in [1.29, 1.82) is 0 Å². The van der Waals surface area contributed by atoms with Gasteiger partial charge < -0.3 is 10.3 Å². The molecular weight excluding hydrogens is 190 g/mol. The number of rotatable bonds is 2. The summed E-state index contributed by atoms with van der Waals surface area (Å²) < 4.78 is 5.16. The van der Waals surface area contributed by atoms with Crippen molar-refractivity contribution in [3.8, 4) is 0 Å². The molecule has 2 N–H and O–H groups in total. The molecule has 82 valence electrons. The summed E-state index contributed by atoms with van der Waals surface area (Å²) in [7, 11) is 0. The summed E-state index contributed by atoms with van der Waals surface area (Å²) >= 11 is 0. The van der Waals surface area contributed by atoms with Gasteiger partial charge in [0.1, 0.15) is 0 Å². The molecule has 4 nitrogen and oxygen atoms in total. The van der Waals surface area contributed by atoms with Gasteiger partial charge >= 0.3 is 0 Å². The first-order chi connectivity index (χ1) is 7.33. The van der Waals surface area contributed by atoms with Crippen molar-refractivity contribution in [2.24, 2.45) is 5.73 Å². The van der Waals surface area contributed by atoms with Crippen LogP contribution in [0.5, 0.6) is 0 Å². The van der Waals surface area contributed by atoms with E-state index in [0.29, 0.717) is 18.1 Å². The Balaban J connectivity index is 1.72. The lowest BCUT2D eigenvalue weighted by molar-refractivity contribution is 0.108. The summed E-state index contributed by atoms with van der Waals surface area (Å²) in [6, 6.07) is 3.70. The molecule has 0 amide bonds. The van der Waals surface area contributed by atoms with Crippen LogP contribution in [0.4, 0.5) is 0 Å². The van der Waals surface area contributed by atoms with Crippen molar-refractivity contribution in [1.82, 2.24) is 10.1 Å². The highest BCUT2D eigenvalue weighted by atomic mass is 16.5.